The molecule has 120 valence electrons. The van der Waals surface area contributed by atoms with Gasteiger partial charge in [0.15, 0.2) is 0 Å². The van der Waals surface area contributed by atoms with Crippen LogP contribution in [0.1, 0.15) is 47.0 Å². The molecule has 1 rings (SSSR count). The summed E-state index contributed by atoms with van der Waals surface area (Å²) in [7, 11) is 6.49. The van der Waals surface area contributed by atoms with Gasteiger partial charge in [0.2, 0.25) is 0 Å². The topological polar surface area (TPSA) is 18.5 Å². The maximum absolute atomic E-state index is 3.58. The minimum atomic E-state index is 0.627. The maximum atomic E-state index is 3.58. The molecule has 0 aliphatic heterocycles. The Morgan fingerprint density at radius 1 is 1.15 bits per heavy atom. The van der Waals surface area contributed by atoms with Gasteiger partial charge in [0, 0.05) is 24.7 Å². The summed E-state index contributed by atoms with van der Waals surface area (Å²) in [4.78, 5) is 5.04. The number of likely N-dealkylation sites (N-methyl/N-ethyl adjacent to an activating group) is 3. The number of nitrogens with zero attached hydrogens (tertiary/aromatic N) is 2. The first-order chi connectivity index (χ1) is 9.40. The van der Waals surface area contributed by atoms with E-state index in [-0.39, 0.29) is 0 Å². The summed E-state index contributed by atoms with van der Waals surface area (Å²) in [5, 5.41) is 3.58. The van der Waals surface area contributed by atoms with Gasteiger partial charge in [0.1, 0.15) is 0 Å². The number of rotatable bonds is 7. The molecule has 3 nitrogen and oxygen atoms in total. The molecule has 0 aromatic rings. The molecule has 1 N–H and O–H groups in total. The van der Waals surface area contributed by atoms with Crippen molar-refractivity contribution in [1.29, 1.82) is 0 Å². The van der Waals surface area contributed by atoms with E-state index in [1.807, 2.05) is 0 Å². The van der Waals surface area contributed by atoms with Crippen LogP contribution < -0.4 is 5.32 Å². The van der Waals surface area contributed by atoms with Crippen LogP contribution in [0, 0.1) is 11.8 Å². The highest BCUT2D eigenvalue weighted by Crippen LogP contribution is 2.33. The van der Waals surface area contributed by atoms with E-state index in [4.69, 9.17) is 0 Å². The third-order valence-electron chi connectivity index (χ3n) is 5.16. The summed E-state index contributed by atoms with van der Waals surface area (Å²) in [5.41, 5.74) is 0. The largest absolute Gasteiger partial charge is 0.315 e. The van der Waals surface area contributed by atoms with Gasteiger partial charge in [-0.15, -0.1) is 0 Å². The predicted molar refractivity (Wildman–Crippen MR) is 89.2 cm³/mol. The Hall–Kier alpha value is -0.120. The second-order valence-corrected chi connectivity index (χ2v) is 7.22. The standard InChI is InChI=1S/C17H37N3/c1-8-20(14(4)12-19(6)7)17-11-15(13(2)3)9-10-16(17)18-5/h13-18H,8-12H2,1-7H3. The zero-order valence-electron chi connectivity index (χ0n) is 14.8. The molecule has 0 radical (unpaired) electrons. The molecular weight excluding hydrogens is 246 g/mol. The molecule has 1 saturated carbocycles. The van der Waals surface area contributed by atoms with Crippen molar-refractivity contribution in [2.45, 2.75) is 65.1 Å². The highest BCUT2D eigenvalue weighted by molar-refractivity contribution is 4.93. The molecule has 0 heterocycles. The first-order valence-corrected chi connectivity index (χ1v) is 8.48. The van der Waals surface area contributed by atoms with Crippen molar-refractivity contribution in [3.05, 3.63) is 0 Å². The van der Waals surface area contributed by atoms with Crippen molar-refractivity contribution in [3.8, 4) is 0 Å². The van der Waals surface area contributed by atoms with Crippen molar-refractivity contribution in [2.24, 2.45) is 11.8 Å². The molecular formula is C17H37N3. The highest BCUT2D eigenvalue weighted by Gasteiger charge is 2.35. The van der Waals surface area contributed by atoms with Crippen LogP contribution in [0.2, 0.25) is 0 Å². The second-order valence-electron chi connectivity index (χ2n) is 7.22. The molecule has 4 unspecified atom stereocenters. The number of hydrogen-bond acceptors (Lipinski definition) is 3. The fourth-order valence-corrected chi connectivity index (χ4v) is 3.99. The fourth-order valence-electron chi connectivity index (χ4n) is 3.99. The van der Waals surface area contributed by atoms with Gasteiger partial charge in [-0.1, -0.05) is 20.8 Å². The van der Waals surface area contributed by atoms with E-state index in [2.05, 4.69) is 64.0 Å². The molecule has 0 aromatic heterocycles. The van der Waals surface area contributed by atoms with Crippen molar-refractivity contribution in [2.75, 3.05) is 34.2 Å². The van der Waals surface area contributed by atoms with Gasteiger partial charge in [-0.3, -0.25) is 4.90 Å². The summed E-state index contributed by atoms with van der Waals surface area (Å²) in [6.45, 7) is 11.8. The third kappa shape index (κ3) is 4.71. The summed E-state index contributed by atoms with van der Waals surface area (Å²) in [6, 6.07) is 1.98. The second kappa shape index (κ2) is 8.35. The molecule has 0 amide bonds. The summed E-state index contributed by atoms with van der Waals surface area (Å²) in [6.07, 6.45) is 4.07. The van der Waals surface area contributed by atoms with Gasteiger partial charge in [0.05, 0.1) is 0 Å². The van der Waals surface area contributed by atoms with Crippen LogP contribution in [-0.4, -0.2) is 62.2 Å². The van der Waals surface area contributed by atoms with Gasteiger partial charge in [0.25, 0.3) is 0 Å². The lowest BCUT2D eigenvalue weighted by molar-refractivity contribution is 0.0528. The van der Waals surface area contributed by atoms with E-state index >= 15 is 0 Å². The van der Waals surface area contributed by atoms with E-state index in [1.54, 1.807) is 0 Å². The van der Waals surface area contributed by atoms with Crippen LogP contribution in [-0.2, 0) is 0 Å². The zero-order valence-corrected chi connectivity index (χ0v) is 14.8. The van der Waals surface area contributed by atoms with Crippen molar-refractivity contribution < 1.29 is 0 Å². The Bertz CT molecular complexity index is 265. The Morgan fingerprint density at radius 2 is 1.80 bits per heavy atom. The lowest BCUT2D eigenvalue weighted by Crippen LogP contribution is -2.56. The van der Waals surface area contributed by atoms with E-state index in [1.165, 1.54) is 19.3 Å². The van der Waals surface area contributed by atoms with Crippen LogP contribution in [0.15, 0.2) is 0 Å². The Labute approximate surface area is 127 Å². The molecule has 0 aromatic carbocycles. The molecule has 1 aliphatic carbocycles. The Kier molecular flexibility index (Phi) is 7.49. The first-order valence-electron chi connectivity index (χ1n) is 8.48. The van der Waals surface area contributed by atoms with Crippen LogP contribution in [0.25, 0.3) is 0 Å². The van der Waals surface area contributed by atoms with Crippen molar-refractivity contribution in [3.63, 3.8) is 0 Å². The monoisotopic (exact) mass is 283 g/mol. The summed E-state index contributed by atoms with van der Waals surface area (Å²) in [5.74, 6) is 1.71. The lowest BCUT2D eigenvalue weighted by atomic mass is 9.76. The molecule has 20 heavy (non-hydrogen) atoms. The van der Waals surface area contributed by atoms with Crippen LogP contribution >= 0.6 is 0 Å². The molecule has 0 bridgehead atoms. The molecule has 0 spiro atoms. The van der Waals surface area contributed by atoms with Gasteiger partial charge >= 0.3 is 0 Å². The van der Waals surface area contributed by atoms with Crippen molar-refractivity contribution in [1.82, 2.24) is 15.1 Å². The molecule has 3 heteroatoms. The molecule has 1 aliphatic rings. The van der Waals surface area contributed by atoms with Crippen LogP contribution in [0.3, 0.4) is 0 Å². The van der Waals surface area contributed by atoms with E-state index in [9.17, 15) is 0 Å². The average molecular weight is 284 g/mol. The quantitative estimate of drug-likeness (QED) is 0.775. The van der Waals surface area contributed by atoms with E-state index in [0.717, 1.165) is 24.9 Å². The molecule has 0 saturated heterocycles. The first kappa shape index (κ1) is 17.9. The smallest absolute Gasteiger partial charge is 0.0255 e. The number of nitrogens with one attached hydrogen (secondary N) is 1. The van der Waals surface area contributed by atoms with E-state index in [0.29, 0.717) is 18.1 Å². The minimum absolute atomic E-state index is 0.627. The Balaban J connectivity index is 2.78. The SMILES string of the molecule is CCN(C(C)CN(C)C)C1CC(C(C)C)CCC1NC. The average Bonchev–Trinajstić information content (AvgIpc) is 2.38. The van der Waals surface area contributed by atoms with Crippen LogP contribution in [0.5, 0.6) is 0 Å². The fraction of sp³-hybridized carbons (Fsp3) is 1.00. The van der Waals surface area contributed by atoms with Gasteiger partial charge < -0.3 is 10.2 Å². The molecule has 1 fully saturated rings. The predicted octanol–water partition coefficient (Wildman–Crippen LogP) is 2.67. The van der Waals surface area contributed by atoms with Crippen molar-refractivity contribution >= 4 is 0 Å². The number of hydrogen-bond donors (Lipinski definition) is 1. The van der Waals surface area contributed by atoms with Gasteiger partial charge in [-0.2, -0.15) is 0 Å². The Morgan fingerprint density at radius 3 is 2.25 bits per heavy atom. The van der Waals surface area contributed by atoms with Gasteiger partial charge in [-0.05, 0) is 65.7 Å². The van der Waals surface area contributed by atoms with Gasteiger partial charge in [-0.25, -0.2) is 0 Å². The highest BCUT2D eigenvalue weighted by atomic mass is 15.2. The maximum Gasteiger partial charge on any atom is 0.0255 e. The normalized spacial score (nSPS) is 29.4. The minimum Gasteiger partial charge on any atom is -0.315 e. The molecule has 4 atom stereocenters. The lowest BCUT2D eigenvalue weighted by Gasteiger charge is -2.46. The third-order valence-corrected chi connectivity index (χ3v) is 5.16. The summed E-state index contributed by atoms with van der Waals surface area (Å²) < 4.78 is 0. The summed E-state index contributed by atoms with van der Waals surface area (Å²) >= 11 is 0. The zero-order chi connectivity index (χ0) is 15.3. The van der Waals surface area contributed by atoms with E-state index < -0.39 is 0 Å². The van der Waals surface area contributed by atoms with Crippen LogP contribution in [0.4, 0.5) is 0 Å².